The number of furan rings is 1. The summed E-state index contributed by atoms with van der Waals surface area (Å²) in [4.78, 5) is 41.9. The van der Waals surface area contributed by atoms with Crippen LogP contribution in [-0.2, 0) is 17.6 Å². The number of pyridine rings is 1. The molecule has 4 aromatic rings. The normalized spacial score (nSPS) is 12.6. The Bertz CT molecular complexity index is 1590. The van der Waals surface area contributed by atoms with Crippen molar-refractivity contribution in [2.45, 2.75) is 12.8 Å². The Morgan fingerprint density at radius 2 is 1.86 bits per heavy atom. The van der Waals surface area contributed by atoms with Gasteiger partial charge in [-0.2, -0.15) is 4.90 Å². The van der Waals surface area contributed by atoms with Crippen LogP contribution in [0.25, 0.3) is 22.1 Å². The fourth-order valence-corrected chi connectivity index (χ4v) is 4.94. The van der Waals surface area contributed by atoms with E-state index < -0.39 is 23.8 Å². The third-order valence-electron chi connectivity index (χ3n) is 6.06. The highest BCUT2D eigenvalue weighted by Gasteiger charge is 2.30. The van der Waals surface area contributed by atoms with Gasteiger partial charge in [0, 0.05) is 29.6 Å². The van der Waals surface area contributed by atoms with Crippen LogP contribution in [-0.4, -0.2) is 39.8 Å². The Morgan fingerprint density at radius 3 is 2.59 bits per heavy atom. The lowest BCUT2D eigenvalue weighted by molar-refractivity contribution is -0.117. The first-order valence-corrected chi connectivity index (χ1v) is 11.9. The second-order valence-corrected chi connectivity index (χ2v) is 9.40. The van der Waals surface area contributed by atoms with Crippen molar-refractivity contribution in [3.8, 4) is 11.1 Å². The fourth-order valence-electron chi connectivity index (χ4n) is 4.41. The molecule has 2 aromatic carbocycles. The van der Waals surface area contributed by atoms with Crippen LogP contribution in [0.4, 0.5) is 29.9 Å². The van der Waals surface area contributed by atoms with Gasteiger partial charge in [0.2, 0.25) is 5.91 Å². The number of carbonyl (C=O) groups is 3. The van der Waals surface area contributed by atoms with Crippen molar-refractivity contribution >= 4 is 63.2 Å². The highest BCUT2D eigenvalue weighted by Crippen LogP contribution is 2.40. The van der Waals surface area contributed by atoms with Gasteiger partial charge in [0.25, 0.3) is 0 Å². The second-order valence-electron chi connectivity index (χ2n) is 8.24. The molecule has 1 aliphatic heterocycles. The summed E-state index contributed by atoms with van der Waals surface area (Å²) in [6, 6.07) is 8.16. The minimum atomic E-state index is -1.72. The quantitative estimate of drug-likeness (QED) is 0.282. The maximum atomic E-state index is 14.0. The lowest BCUT2D eigenvalue weighted by Gasteiger charge is -2.18. The maximum Gasteiger partial charge on any atom is 0.422 e. The number of benzene rings is 2. The Hall–Kier alpha value is -4.07. The molecule has 3 heterocycles. The molecule has 0 spiro atoms. The summed E-state index contributed by atoms with van der Waals surface area (Å²) in [5, 5.41) is 19.1. The van der Waals surface area contributed by atoms with Crippen molar-refractivity contribution in [3.63, 3.8) is 0 Å². The highest BCUT2D eigenvalue weighted by atomic mass is 127. The molecule has 2 N–H and O–H groups in total. The van der Waals surface area contributed by atoms with E-state index in [1.54, 1.807) is 18.2 Å². The summed E-state index contributed by atoms with van der Waals surface area (Å²) in [6.07, 6.45) is -0.523. The Labute approximate surface area is 221 Å². The molecule has 188 valence electrons. The SMILES string of the molecule is O=C(Cc1cc(F)ccc1F)N1CCc2cc(-c3coc4c(I)cnc(N(C(=O)O)C(=O)O)c34)ccc21. The summed E-state index contributed by atoms with van der Waals surface area (Å²) in [6.45, 7) is 0.344. The van der Waals surface area contributed by atoms with Gasteiger partial charge < -0.3 is 19.5 Å². The zero-order chi connectivity index (χ0) is 26.4. The fraction of sp³-hybridized carbons (Fsp3) is 0.120. The predicted molar refractivity (Wildman–Crippen MR) is 137 cm³/mol. The molecular formula is C25H16F2IN3O6. The van der Waals surface area contributed by atoms with E-state index in [9.17, 15) is 33.4 Å². The number of halogens is 3. The van der Waals surface area contributed by atoms with Crippen molar-refractivity contribution in [1.82, 2.24) is 4.98 Å². The number of fused-ring (bicyclic) bond motifs is 2. The summed E-state index contributed by atoms with van der Waals surface area (Å²) in [5.41, 5.74) is 2.69. The van der Waals surface area contributed by atoms with Gasteiger partial charge in [-0.15, -0.1) is 0 Å². The van der Waals surface area contributed by atoms with Crippen LogP contribution in [0.2, 0.25) is 0 Å². The Kier molecular flexibility index (Phi) is 6.27. The first kappa shape index (κ1) is 24.6. The van der Waals surface area contributed by atoms with Crippen LogP contribution in [0.3, 0.4) is 0 Å². The number of hydrogen-bond donors (Lipinski definition) is 2. The average molecular weight is 619 g/mol. The van der Waals surface area contributed by atoms with E-state index in [2.05, 4.69) is 4.98 Å². The molecule has 9 nitrogen and oxygen atoms in total. The third kappa shape index (κ3) is 4.37. The molecular weight excluding hydrogens is 603 g/mol. The van der Waals surface area contributed by atoms with Crippen molar-refractivity contribution < 1.29 is 37.8 Å². The standard InChI is InChI=1S/C25H16F2IN3O6/c26-15-2-3-17(27)14(8-15)9-20(32)30-6-5-13-7-12(1-4-19(13)30)16-11-37-22-18(28)10-29-23(21(16)22)31(24(33)34)25(35)36/h1-4,7-8,10-11H,5-6,9H2,(H,33,34)(H,35,36). The summed E-state index contributed by atoms with van der Waals surface area (Å²) >= 11 is 1.95. The molecule has 0 saturated carbocycles. The Morgan fingerprint density at radius 1 is 1.11 bits per heavy atom. The number of nitrogens with zero attached hydrogens (tertiary/aromatic N) is 3. The number of amides is 3. The van der Waals surface area contributed by atoms with Gasteiger partial charge in [-0.05, 0) is 70.5 Å². The molecule has 2 aromatic heterocycles. The molecule has 0 bridgehead atoms. The van der Waals surface area contributed by atoms with Crippen molar-refractivity contribution in [3.05, 3.63) is 75.2 Å². The number of hydrogen-bond acceptors (Lipinski definition) is 5. The van der Waals surface area contributed by atoms with Gasteiger partial charge in [-0.1, -0.05) is 6.07 Å². The van der Waals surface area contributed by atoms with E-state index in [1.165, 1.54) is 17.4 Å². The molecule has 3 amide bonds. The van der Waals surface area contributed by atoms with E-state index in [0.29, 0.717) is 33.4 Å². The summed E-state index contributed by atoms with van der Waals surface area (Å²) < 4.78 is 33.8. The van der Waals surface area contributed by atoms with Gasteiger partial charge in [-0.3, -0.25) is 4.79 Å². The van der Waals surface area contributed by atoms with Crippen LogP contribution >= 0.6 is 22.6 Å². The first-order chi connectivity index (χ1) is 17.7. The third-order valence-corrected chi connectivity index (χ3v) is 6.83. The number of carbonyl (C=O) groups excluding carboxylic acids is 1. The molecule has 5 rings (SSSR count). The highest BCUT2D eigenvalue weighted by molar-refractivity contribution is 14.1. The van der Waals surface area contributed by atoms with Crippen molar-refractivity contribution in [2.24, 2.45) is 0 Å². The largest absolute Gasteiger partial charge is 0.464 e. The minimum absolute atomic E-state index is 0.0315. The predicted octanol–water partition coefficient (Wildman–Crippen LogP) is 5.67. The maximum absolute atomic E-state index is 14.0. The number of carboxylic acid groups (broad SMARTS) is 2. The van der Waals surface area contributed by atoms with Crippen LogP contribution < -0.4 is 9.80 Å². The molecule has 0 atom stereocenters. The van der Waals surface area contributed by atoms with E-state index in [0.717, 1.165) is 23.8 Å². The van der Waals surface area contributed by atoms with E-state index in [-0.39, 0.29) is 39.6 Å². The van der Waals surface area contributed by atoms with E-state index in [4.69, 9.17) is 4.42 Å². The summed E-state index contributed by atoms with van der Waals surface area (Å²) in [5.74, 6) is -1.99. The number of imide groups is 1. The van der Waals surface area contributed by atoms with Gasteiger partial charge in [0.05, 0.1) is 21.6 Å². The smallest absolute Gasteiger partial charge is 0.422 e. The summed E-state index contributed by atoms with van der Waals surface area (Å²) in [7, 11) is 0. The van der Waals surface area contributed by atoms with Gasteiger partial charge in [0.15, 0.2) is 11.4 Å². The first-order valence-electron chi connectivity index (χ1n) is 10.8. The number of rotatable bonds is 4. The van der Waals surface area contributed by atoms with Crippen LogP contribution in [0.5, 0.6) is 0 Å². The topological polar surface area (TPSA) is 124 Å². The van der Waals surface area contributed by atoms with Gasteiger partial charge in [-0.25, -0.2) is 23.4 Å². The van der Waals surface area contributed by atoms with Gasteiger partial charge in [0.1, 0.15) is 11.6 Å². The minimum Gasteiger partial charge on any atom is -0.464 e. The van der Waals surface area contributed by atoms with Crippen LogP contribution in [0.15, 0.2) is 53.3 Å². The molecule has 1 aliphatic rings. The zero-order valence-electron chi connectivity index (χ0n) is 18.7. The van der Waals surface area contributed by atoms with Crippen LogP contribution in [0, 0.1) is 15.2 Å². The molecule has 0 radical (unpaired) electrons. The van der Waals surface area contributed by atoms with E-state index >= 15 is 0 Å². The monoisotopic (exact) mass is 619 g/mol. The van der Waals surface area contributed by atoms with Gasteiger partial charge >= 0.3 is 12.2 Å². The number of aromatic nitrogens is 1. The molecule has 0 saturated heterocycles. The van der Waals surface area contributed by atoms with Crippen molar-refractivity contribution in [1.29, 1.82) is 0 Å². The molecule has 0 aliphatic carbocycles. The second kappa shape index (κ2) is 9.42. The molecule has 12 heteroatoms. The lowest BCUT2D eigenvalue weighted by atomic mass is 10.0. The molecule has 0 fully saturated rings. The van der Waals surface area contributed by atoms with Crippen molar-refractivity contribution in [2.75, 3.05) is 16.3 Å². The average Bonchev–Trinajstić information content (AvgIpc) is 3.47. The molecule has 37 heavy (non-hydrogen) atoms. The number of anilines is 2. The van der Waals surface area contributed by atoms with E-state index in [1.807, 2.05) is 22.6 Å². The molecule has 0 unspecified atom stereocenters. The Balaban J connectivity index is 1.52. The zero-order valence-corrected chi connectivity index (χ0v) is 20.9. The van der Waals surface area contributed by atoms with Crippen LogP contribution in [0.1, 0.15) is 11.1 Å². The lowest BCUT2D eigenvalue weighted by Crippen LogP contribution is -2.35.